The van der Waals surface area contributed by atoms with Crippen molar-refractivity contribution in [3.63, 3.8) is 0 Å². The Morgan fingerprint density at radius 1 is 1.64 bits per heavy atom. The normalized spacial score (nSPS) is 18.4. The van der Waals surface area contributed by atoms with Gasteiger partial charge >= 0.3 is 0 Å². The third kappa shape index (κ3) is 1.39. The quantitative estimate of drug-likeness (QED) is 0.435. The second-order valence-corrected chi connectivity index (χ2v) is 2.46. The van der Waals surface area contributed by atoms with Crippen molar-refractivity contribution in [2.75, 3.05) is 6.54 Å². The number of nitrogens with two attached hydrogens (primary N) is 1. The van der Waals surface area contributed by atoms with Crippen molar-refractivity contribution in [3.8, 4) is 0 Å². The molecule has 0 atom stereocenters. The smallest absolute Gasteiger partial charge is 0.214 e. The lowest BCUT2D eigenvalue weighted by Crippen LogP contribution is -2.30. The van der Waals surface area contributed by atoms with Gasteiger partial charge < -0.3 is 16.0 Å². The van der Waals surface area contributed by atoms with Crippen molar-refractivity contribution in [1.82, 2.24) is 4.90 Å². The van der Waals surface area contributed by atoms with Crippen LogP contribution in [0, 0.1) is 5.41 Å². The summed E-state index contributed by atoms with van der Waals surface area (Å²) in [6.45, 7) is 0.676. The number of hydrogen-bond acceptors (Lipinski definition) is 3. The first-order chi connectivity index (χ1) is 5.29. The van der Waals surface area contributed by atoms with Crippen LogP contribution in [0.3, 0.4) is 0 Å². The molecular weight excluding hydrogens is 142 g/mol. The summed E-state index contributed by atoms with van der Waals surface area (Å²) in [6, 6.07) is 0. The molecule has 0 spiro atoms. The maximum atomic E-state index is 10.4. The monoisotopic (exact) mass is 153 g/mol. The van der Waals surface area contributed by atoms with Crippen LogP contribution in [0.5, 0.6) is 0 Å². The van der Waals surface area contributed by atoms with Gasteiger partial charge in [-0.2, -0.15) is 0 Å². The Hall–Kier alpha value is -1.32. The molecule has 11 heavy (non-hydrogen) atoms. The van der Waals surface area contributed by atoms with Gasteiger partial charge in [0.05, 0.1) is 5.70 Å². The largest absolute Gasteiger partial charge is 0.400 e. The highest BCUT2D eigenvalue weighted by atomic mass is 16.1. The van der Waals surface area contributed by atoms with Crippen LogP contribution < -0.4 is 5.73 Å². The molecule has 0 bridgehead atoms. The molecule has 1 heterocycles. The number of allylic oxidation sites excluding steroid dienone is 2. The van der Waals surface area contributed by atoms with E-state index in [0.717, 1.165) is 19.1 Å². The highest BCUT2D eigenvalue weighted by Gasteiger charge is 2.14. The first-order valence-electron chi connectivity index (χ1n) is 3.50. The fourth-order valence-corrected chi connectivity index (χ4v) is 1.16. The average Bonchev–Trinajstić information content (AvgIpc) is 2.04. The molecule has 0 radical (unpaired) electrons. The van der Waals surface area contributed by atoms with Gasteiger partial charge in [-0.15, -0.1) is 0 Å². The van der Waals surface area contributed by atoms with E-state index in [-0.39, 0.29) is 0 Å². The van der Waals surface area contributed by atoms with E-state index >= 15 is 0 Å². The molecule has 3 N–H and O–H groups in total. The van der Waals surface area contributed by atoms with Gasteiger partial charge in [-0.3, -0.25) is 4.79 Å². The average molecular weight is 153 g/mol. The number of amides is 1. The van der Waals surface area contributed by atoms with Crippen LogP contribution in [0.2, 0.25) is 0 Å². The van der Waals surface area contributed by atoms with Crippen molar-refractivity contribution in [3.05, 3.63) is 11.4 Å². The molecule has 0 unspecified atom stereocenters. The summed E-state index contributed by atoms with van der Waals surface area (Å²) in [6.07, 6.45) is 3.52. The Kier molecular flexibility index (Phi) is 2.25. The van der Waals surface area contributed by atoms with Crippen molar-refractivity contribution in [2.45, 2.75) is 12.8 Å². The van der Waals surface area contributed by atoms with Crippen LogP contribution in [-0.4, -0.2) is 24.1 Å². The number of nitrogens with one attached hydrogen (secondary N) is 1. The summed E-state index contributed by atoms with van der Waals surface area (Å²) in [4.78, 5) is 11.9. The van der Waals surface area contributed by atoms with E-state index in [1.807, 2.05) is 0 Å². The summed E-state index contributed by atoms with van der Waals surface area (Å²) in [5.74, 6) is 0. The molecular formula is C7H11N3O. The fraction of sp³-hybridized carbons (Fsp3) is 0.429. The molecule has 1 amide bonds. The first-order valence-corrected chi connectivity index (χ1v) is 3.50. The van der Waals surface area contributed by atoms with Crippen LogP contribution in [0.1, 0.15) is 12.8 Å². The van der Waals surface area contributed by atoms with E-state index in [0.29, 0.717) is 24.3 Å². The number of carbonyl (C=O) groups excluding carboxylic acids is 1. The third-order valence-electron chi connectivity index (χ3n) is 1.75. The topological polar surface area (TPSA) is 70.2 Å². The molecule has 0 aliphatic carbocycles. The molecule has 60 valence electrons. The van der Waals surface area contributed by atoms with Gasteiger partial charge in [0.25, 0.3) is 0 Å². The van der Waals surface area contributed by atoms with Crippen LogP contribution in [0.4, 0.5) is 0 Å². The number of carbonyl (C=O) groups is 1. The summed E-state index contributed by atoms with van der Waals surface area (Å²) < 4.78 is 0. The Balaban J connectivity index is 2.89. The lowest BCUT2D eigenvalue weighted by atomic mass is 10.1. The molecule has 0 saturated carbocycles. The Morgan fingerprint density at radius 2 is 2.36 bits per heavy atom. The van der Waals surface area contributed by atoms with E-state index in [1.54, 1.807) is 0 Å². The van der Waals surface area contributed by atoms with E-state index in [1.165, 1.54) is 4.90 Å². The van der Waals surface area contributed by atoms with Crippen molar-refractivity contribution in [1.29, 1.82) is 5.41 Å². The lowest BCUT2D eigenvalue weighted by molar-refractivity contribution is -0.116. The van der Waals surface area contributed by atoms with E-state index < -0.39 is 0 Å². The molecule has 0 aromatic heterocycles. The van der Waals surface area contributed by atoms with Gasteiger partial charge in [0.15, 0.2) is 0 Å². The highest BCUT2D eigenvalue weighted by molar-refractivity contribution is 5.80. The molecule has 1 rings (SSSR count). The second-order valence-electron chi connectivity index (χ2n) is 2.46. The van der Waals surface area contributed by atoms with Gasteiger partial charge in [0.1, 0.15) is 0 Å². The summed E-state index contributed by atoms with van der Waals surface area (Å²) >= 11 is 0. The number of nitrogens with zero attached hydrogens (tertiary/aromatic N) is 1. The lowest BCUT2D eigenvalue weighted by Gasteiger charge is -2.24. The molecule has 1 aliphatic rings. The van der Waals surface area contributed by atoms with E-state index in [9.17, 15) is 4.79 Å². The fourth-order valence-electron chi connectivity index (χ4n) is 1.16. The molecule has 0 fully saturated rings. The van der Waals surface area contributed by atoms with Crippen LogP contribution in [0.25, 0.3) is 0 Å². The minimum absolute atomic E-state index is 0.547. The van der Waals surface area contributed by atoms with Crippen LogP contribution in [0.15, 0.2) is 11.4 Å². The van der Waals surface area contributed by atoms with Gasteiger partial charge in [-0.1, -0.05) is 0 Å². The summed E-state index contributed by atoms with van der Waals surface area (Å²) in [7, 11) is 0. The molecule has 1 aliphatic heterocycles. The minimum atomic E-state index is 0.547. The number of rotatable bonds is 2. The Morgan fingerprint density at radius 3 is 2.82 bits per heavy atom. The first kappa shape index (κ1) is 7.78. The maximum Gasteiger partial charge on any atom is 0.214 e. The van der Waals surface area contributed by atoms with Crippen molar-refractivity contribution >= 4 is 12.6 Å². The molecule has 4 nitrogen and oxygen atoms in total. The maximum absolute atomic E-state index is 10.4. The highest BCUT2D eigenvalue weighted by Crippen LogP contribution is 2.14. The van der Waals surface area contributed by atoms with Gasteiger partial charge in [-0.05, 0) is 12.8 Å². The van der Waals surface area contributed by atoms with Crippen molar-refractivity contribution in [2.24, 2.45) is 5.73 Å². The standard InChI is InChI=1S/C7H11N3O/c8-4-7-6(9)2-1-3-10(7)5-11/h4-5,8H,1-3,9H2. The predicted octanol–water partition coefficient (Wildman–Crippen LogP) is 0.0585. The zero-order valence-corrected chi connectivity index (χ0v) is 6.21. The number of hydrogen-bond donors (Lipinski definition) is 2. The zero-order chi connectivity index (χ0) is 8.27. The van der Waals surface area contributed by atoms with Crippen molar-refractivity contribution < 1.29 is 4.79 Å². The van der Waals surface area contributed by atoms with Crippen LogP contribution >= 0.6 is 0 Å². The molecule has 4 heteroatoms. The molecule has 0 aromatic rings. The minimum Gasteiger partial charge on any atom is -0.400 e. The predicted molar refractivity (Wildman–Crippen MR) is 42.0 cm³/mol. The Labute approximate surface area is 65.2 Å². The molecule has 0 aromatic carbocycles. The van der Waals surface area contributed by atoms with E-state index in [4.69, 9.17) is 11.1 Å². The third-order valence-corrected chi connectivity index (χ3v) is 1.75. The summed E-state index contributed by atoms with van der Waals surface area (Å²) in [5.41, 5.74) is 6.77. The van der Waals surface area contributed by atoms with Gasteiger partial charge in [0.2, 0.25) is 6.41 Å². The Bertz CT molecular complexity index is 210. The van der Waals surface area contributed by atoms with Gasteiger partial charge in [-0.25, -0.2) is 0 Å². The van der Waals surface area contributed by atoms with Gasteiger partial charge in [0, 0.05) is 18.5 Å². The zero-order valence-electron chi connectivity index (χ0n) is 6.21. The molecule has 0 saturated heterocycles. The van der Waals surface area contributed by atoms with Crippen LogP contribution in [-0.2, 0) is 4.79 Å². The second kappa shape index (κ2) is 3.18. The summed E-state index contributed by atoms with van der Waals surface area (Å²) in [5, 5.41) is 7.00. The SMILES string of the molecule is N=CC1=C(N)CCCN1C=O. The van der Waals surface area contributed by atoms with E-state index in [2.05, 4.69) is 0 Å².